The second-order valence-electron chi connectivity index (χ2n) is 3.90. The number of benzene rings is 1. The van der Waals surface area contributed by atoms with Crippen LogP contribution in [0.25, 0.3) is 0 Å². The van der Waals surface area contributed by atoms with E-state index < -0.39 is 12.1 Å². The van der Waals surface area contributed by atoms with Crippen LogP contribution in [0, 0.1) is 10.7 Å². The first-order valence-electron chi connectivity index (χ1n) is 5.29. The van der Waals surface area contributed by atoms with E-state index >= 15 is 0 Å². The van der Waals surface area contributed by atoms with E-state index in [2.05, 4.69) is 0 Å². The van der Waals surface area contributed by atoms with Gasteiger partial charge in [0.05, 0.1) is 0 Å². The van der Waals surface area contributed by atoms with E-state index in [0.29, 0.717) is 0 Å². The summed E-state index contributed by atoms with van der Waals surface area (Å²) < 4.78 is 21.7. The van der Waals surface area contributed by atoms with Crippen molar-refractivity contribution in [1.29, 1.82) is 5.26 Å². The molecule has 4 nitrogen and oxygen atoms in total. The summed E-state index contributed by atoms with van der Waals surface area (Å²) in [6, 6.07) is 7.48. The van der Waals surface area contributed by atoms with Gasteiger partial charge in [0.2, 0.25) is 0 Å². The quantitative estimate of drug-likeness (QED) is 0.468. The number of hydrogen-bond acceptors (Lipinski definition) is 5. The molecule has 7 heteroatoms. The third kappa shape index (κ3) is 2.65. The molecule has 0 amide bonds. The summed E-state index contributed by atoms with van der Waals surface area (Å²) in [7, 11) is 1.20. The molecule has 1 rings (SSSR count). The minimum Gasteiger partial charge on any atom is -0.311 e. The fraction of sp³-hybridized carbons (Fsp3) is 0.364. The third-order valence-electron chi connectivity index (χ3n) is 2.83. The van der Waals surface area contributed by atoms with Gasteiger partial charge >= 0.3 is 7.60 Å². The molecule has 96 valence electrons. The first-order chi connectivity index (χ1) is 8.43. The summed E-state index contributed by atoms with van der Waals surface area (Å²) in [5.74, 6) is 0. The molecule has 0 heterocycles. The van der Waals surface area contributed by atoms with Crippen LogP contribution >= 0.6 is 19.4 Å². The lowest BCUT2D eigenvalue weighted by molar-refractivity contribution is 0.263. The van der Waals surface area contributed by atoms with Crippen LogP contribution in [0.5, 0.6) is 0 Å². The first kappa shape index (κ1) is 15.3. The second-order valence-corrected chi connectivity index (χ2v) is 8.03. The molecule has 0 fully saturated rings. The molecule has 0 saturated carbocycles. The Balaban J connectivity index is 3.36. The molecule has 0 aromatic heterocycles. The lowest BCUT2D eigenvalue weighted by Gasteiger charge is -2.32. The largest absolute Gasteiger partial charge is 0.351 e. The molecular weight excluding hydrogens is 268 g/mol. The van der Waals surface area contributed by atoms with E-state index in [1.807, 2.05) is 37.5 Å². The van der Waals surface area contributed by atoms with Gasteiger partial charge in [-0.05, 0) is 24.2 Å². The molecule has 0 radical (unpaired) electrons. The van der Waals surface area contributed by atoms with Gasteiger partial charge in [0.25, 0.3) is 0 Å². The average Bonchev–Trinajstić information content (AvgIpc) is 2.38. The molecule has 1 atom stereocenters. The van der Waals surface area contributed by atoms with Crippen LogP contribution in [0.2, 0.25) is 0 Å². The van der Waals surface area contributed by atoms with Crippen LogP contribution in [0.15, 0.2) is 24.3 Å². The van der Waals surface area contributed by atoms with Crippen LogP contribution < -0.4 is 5.46 Å². The topological polar surface area (TPSA) is 59.3 Å². The summed E-state index contributed by atoms with van der Waals surface area (Å²) in [5, 5.41) is 10.9. The monoisotopic (exact) mass is 283 g/mol. The molecule has 18 heavy (non-hydrogen) atoms. The molecule has 0 spiro atoms. The van der Waals surface area contributed by atoms with Crippen LogP contribution in [0.4, 0.5) is 0 Å². The van der Waals surface area contributed by atoms with E-state index in [4.69, 9.17) is 14.3 Å². The molecule has 1 unspecified atom stereocenters. The molecule has 0 N–H and O–H groups in total. The number of rotatable bonds is 5. The Hall–Kier alpha value is -0.725. The molecule has 0 aliphatic heterocycles. The number of hydrogen-bond donors (Lipinski definition) is 0. The van der Waals surface area contributed by atoms with Crippen molar-refractivity contribution in [2.24, 2.45) is 0 Å². The minimum absolute atomic E-state index is 0.742. The second kappa shape index (κ2) is 5.94. The van der Waals surface area contributed by atoms with Crippen molar-refractivity contribution in [3.63, 3.8) is 0 Å². The highest BCUT2D eigenvalue weighted by atomic mass is 32.2. The van der Waals surface area contributed by atoms with Crippen LogP contribution in [-0.2, 0) is 18.1 Å². The zero-order chi connectivity index (χ0) is 13.8. The van der Waals surface area contributed by atoms with Crippen LogP contribution in [-0.4, -0.2) is 22.1 Å². The fourth-order valence-electron chi connectivity index (χ4n) is 1.65. The van der Waals surface area contributed by atoms with Crippen molar-refractivity contribution in [3.05, 3.63) is 29.8 Å². The lowest BCUT2D eigenvalue weighted by atomic mass is 9.95. The van der Waals surface area contributed by atoms with Crippen LogP contribution in [0.1, 0.15) is 12.5 Å². The molecular formula is C11H15BNO3PS. The molecule has 1 aromatic carbocycles. The SMILES string of the molecule is Bc1ccc(C(C)(SC#N)P(=O)(OC)OC)cc1. The Kier molecular flexibility index (Phi) is 5.06. The maximum absolute atomic E-state index is 12.6. The van der Waals surface area contributed by atoms with Crippen LogP contribution in [0.3, 0.4) is 0 Å². The number of nitrogens with zero attached hydrogens (tertiary/aromatic N) is 1. The predicted octanol–water partition coefficient (Wildman–Crippen LogP) is 1.82. The molecule has 1 aromatic rings. The van der Waals surface area contributed by atoms with Crippen molar-refractivity contribution in [3.8, 4) is 5.40 Å². The van der Waals surface area contributed by atoms with Gasteiger partial charge in [-0.1, -0.05) is 29.7 Å². The van der Waals surface area contributed by atoms with Gasteiger partial charge in [-0.3, -0.25) is 4.57 Å². The maximum atomic E-state index is 12.6. The number of thioether (sulfide) groups is 1. The van der Waals surface area contributed by atoms with Gasteiger partial charge in [-0.15, -0.1) is 0 Å². The van der Waals surface area contributed by atoms with Crippen molar-refractivity contribution >= 4 is 32.7 Å². The Labute approximate surface area is 113 Å². The highest BCUT2D eigenvalue weighted by Gasteiger charge is 2.48. The Morgan fingerprint density at radius 3 is 2.22 bits per heavy atom. The van der Waals surface area contributed by atoms with Crippen molar-refractivity contribution < 1.29 is 13.6 Å². The van der Waals surface area contributed by atoms with E-state index in [9.17, 15) is 4.57 Å². The summed E-state index contributed by atoms with van der Waals surface area (Å²) in [6.07, 6.45) is 0. The summed E-state index contributed by atoms with van der Waals surface area (Å²) in [5.41, 5.74) is 1.83. The fourth-order valence-corrected chi connectivity index (χ4v) is 4.41. The van der Waals surface area contributed by atoms with E-state index in [0.717, 1.165) is 22.8 Å². The zero-order valence-electron chi connectivity index (χ0n) is 10.8. The van der Waals surface area contributed by atoms with Crippen molar-refractivity contribution in [2.75, 3.05) is 14.2 Å². The smallest absolute Gasteiger partial charge is 0.311 e. The Morgan fingerprint density at radius 1 is 1.33 bits per heavy atom. The van der Waals surface area contributed by atoms with Crippen molar-refractivity contribution in [1.82, 2.24) is 0 Å². The Bertz CT molecular complexity index is 494. The standard InChI is InChI=1S/C11H15BNO3PS/c1-11(18-8-13,17(14,15-2)16-3)9-4-6-10(12)7-5-9/h4-7H,12H2,1-3H3. The zero-order valence-corrected chi connectivity index (χ0v) is 12.5. The van der Waals surface area contributed by atoms with Gasteiger partial charge in [-0.25, -0.2) is 0 Å². The first-order valence-corrected chi connectivity index (χ1v) is 7.65. The normalized spacial score (nSPS) is 14.8. The highest BCUT2D eigenvalue weighted by Crippen LogP contribution is 2.68. The average molecular weight is 283 g/mol. The Morgan fingerprint density at radius 2 is 1.83 bits per heavy atom. The van der Waals surface area contributed by atoms with Gasteiger partial charge in [0, 0.05) is 14.2 Å². The molecule has 0 aliphatic carbocycles. The summed E-state index contributed by atoms with van der Waals surface area (Å²) in [6.45, 7) is 1.69. The third-order valence-corrected chi connectivity index (χ3v) is 6.77. The van der Waals surface area contributed by atoms with Gasteiger partial charge in [-0.2, -0.15) is 5.26 Å². The maximum Gasteiger partial charge on any atom is 0.351 e. The molecule has 0 saturated heterocycles. The lowest BCUT2D eigenvalue weighted by Crippen LogP contribution is -2.20. The molecule has 0 bridgehead atoms. The van der Waals surface area contributed by atoms with Gasteiger partial charge in [0.1, 0.15) is 13.2 Å². The van der Waals surface area contributed by atoms with E-state index in [1.165, 1.54) is 14.2 Å². The van der Waals surface area contributed by atoms with E-state index in [1.54, 1.807) is 6.92 Å². The van der Waals surface area contributed by atoms with Gasteiger partial charge in [0.15, 0.2) is 4.49 Å². The summed E-state index contributed by atoms with van der Waals surface area (Å²) >= 11 is 0.886. The van der Waals surface area contributed by atoms with Crippen molar-refractivity contribution in [2.45, 2.75) is 11.4 Å². The highest BCUT2D eigenvalue weighted by molar-refractivity contribution is 8.09. The van der Waals surface area contributed by atoms with E-state index in [-0.39, 0.29) is 0 Å². The minimum atomic E-state index is -3.42. The molecule has 0 aliphatic rings. The number of thiocyanates is 1. The number of nitriles is 1. The summed E-state index contributed by atoms with van der Waals surface area (Å²) in [4.78, 5) is 0. The van der Waals surface area contributed by atoms with Gasteiger partial charge < -0.3 is 9.05 Å². The predicted molar refractivity (Wildman–Crippen MR) is 76.8 cm³/mol.